The first-order valence-electron chi connectivity index (χ1n) is 7.27. The van der Waals surface area contributed by atoms with E-state index in [-0.39, 0.29) is 23.0 Å². The van der Waals surface area contributed by atoms with Gasteiger partial charge in [0.2, 0.25) is 0 Å². The van der Waals surface area contributed by atoms with Crippen LogP contribution in [0.15, 0.2) is 23.2 Å². The van der Waals surface area contributed by atoms with Crippen LogP contribution in [0.4, 0.5) is 14.9 Å². The van der Waals surface area contributed by atoms with Gasteiger partial charge in [0.05, 0.1) is 11.6 Å². The molecule has 1 heterocycles. The first-order valence-corrected chi connectivity index (χ1v) is 8.26. The molecule has 1 fully saturated rings. The third-order valence-electron chi connectivity index (χ3n) is 4.55. The number of carbonyl (C=O) groups is 1. The summed E-state index contributed by atoms with van der Waals surface area (Å²) in [5, 5.41) is 11.5. The number of halogens is 1. The van der Waals surface area contributed by atoms with Gasteiger partial charge >= 0.3 is 6.09 Å². The van der Waals surface area contributed by atoms with E-state index in [2.05, 4.69) is 10.3 Å². The number of nitrogens with zero attached hydrogens (tertiary/aromatic N) is 1. The molecular weight excluding hydrogens is 321 g/mol. The van der Waals surface area contributed by atoms with Crippen LogP contribution in [-0.2, 0) is 10.3 Å². The second kappa shape index (κ2) is 6.01. The van der Waals surface area contributed by atoms with Crippen LogP contribution in [0.25, 0.3) is 0 Å². The Morgan fingerprint density at radius 2 is 2.39 bits per heavy atom. The lowest BCUT2D eigenvalue weighted by atomic mass is 9.80. The molecule has 1 saturated carbocycles. The predicted molar refractivity (Wildman–Crippen MR) is 87.1 cm³/mol. The molecule has 23 heavy (non-hydrogen) atoms. The number of thioether (sulfide) groups is 1. The van der Waals surface area contributed by atoms with Crippen LogP contribution < -0.4 is 11.1 Å². The molecule has 0 spiro atoms. The van der Waals surface area contributed by atoms with E-state index in [4.69, 9.17) is 15.6 Å². The molecule has 124 valence electrons. The summed E-state index contributed by atoms with van der Waals surface area (Å²) in [7, 11) is 1.63. The van der Waals surface area contributed by atoms with Gasteiger partial charge in [-0.1, -0.05) is 11.8 Å². The van der Waals surface area contributed by atoms with Crippen LogP contribution in [0.1, 0.15) is 18.4 Å². The van der Waals surface area contributed by atoms with Gasteiger partial charge in [-0.2, -0.15) is 0 Å². The highest BCUT2D eigenvalue weighted by Gasteiger charge is 2.53. The molecule has 3 atom stereocenters. The maximum atomic E-state index is 14.5. The van der Waals surface area contributed by atoms with Crippen LogP contribution in [0.5, 0.6) is 0 Å². The number of carboxylic acid groups (broad SMARTS) is 1. The van der Waals surface area contributed by atoms with Gasteiger partial charge < -0.3 is 15.6 Å². The first kappa shape index (κ1) is 16.1. The maximum Gasteiger partial charge on any atom is 0.410 e. The fraction of sp³-hybridized carbons (Fsp3) is 0.467. The number of nitrogens with one attached hydrogen (secondary N) is 1. The highest BCUT2D eigenvalue weighted by Crippen LogP contribution is 2.52. The number of amidine groups is 1. The number of ether oxygens (including phenoxy) is 1. The highest BCUT2D eigenvalue weighted by molar-refractivity contribution is 8.13. The number of hydrogen-bond donors (Lipinski definition) is 3. The molecule has 1 amide bonds. The number of anilines is 1. The number of fused-ring (bicyclic) bond motifs is 1. The highest BCUT2D eigenvalue weighted by atomic mass is 32.2. The van der Waals surface area contributed by atoms with Crippen molar-refractivity contribution in [3.8, 4) is 0 Å². The van der Waals surface area contributed by atoms with Crippen molar-refractivity contribution in [2.24, 2.45) is 10.9 Å². The molecule has 2 aliphatic rings. The Balaban J connectivity index is 2.11. The molecule has 1 aliphatic carbocycles. The van der Waals surface area contributed by atoms with Crippen LogP contribution in [0, 0.1) is 11.7 Å². The van der Waals surface area contributed by atoms with Crippen molar-refractivity contribution in [3.63, 3.8) is 0 Å². The molecule has 1 aliphatic heterocycles. The van der Waals surface area contributed by atoms with E-state index in [0.717, 1.165) is 6.42 Å². The average molecular weight is 339 g/mol. The van der Waals surface area contributed by atoms with Gasteiger partial charge in [-0.3, -0.25) is 10.3 Å². The predicted octanol–water partition coefficient (Wildman–Crippen LogP) is 2.40. The third-order valence-corrected chi connectivity index (χ3v) is 5.54. The zero-order valence-electron chi connectivity index (χ0n) is 12.6. The zero-order valence-corrected chi connectivity index (χ0v) is 13.4. The Morgan fingerprint density at radius 1 is 1.61 bits per heavy atom. The summed E-state index contributed by atoms with van der Waals surface area (Å²) in [6.45, 7) is 0. The quantitative estimate of drug-likeness (QED) is 0.719. The summed E-state index contributed by atoms with van der Waals surface area (Å²) in [5.74, 6) is 0.186. The Kier molecular flexibility index (Phi) is 4.20. The fourth-order valence-corrected chi connectivity index (χ4v) is 4.74. The molecule has 1 aromatic carbocycles. The van der Waals surface area contributed by atoms with Crippen molar-refractivity contribution in [2.75, 3.05) is 18.6 Å². The number of hydrogen-bond acceptors (Lipinski definition) is 5. The molecule has 6 nitrogen and oxygen atoms in total. The van der Waals surface area contributed by atoms with E-state index >= 15 is 0 Å². The number of nitrogens with two attached hydrogens (primary N) is 1. The number of methoxy groups -OCH3 is 1. The molecule has 0 radical (unpaired) electrons. The second-order valence-corrected chi connectivity index (χ2v) is 6.75. The molecule has 3 unspecified atom stereocenters. The lowest BCUT2D eigenvalue weighted by molar-refractivity contribution is 0.0644. The molecule has 0 saturated heterocycles. The van der Waals surface area contributed by atoms with Gasteiger partial charge in [0.1, 0.15) is 5.82 Å². The summed E-state index contributed by atoms with van der Waals surface area (Å²) < 4.78 is 20.0. The fourth-order valence-electron chi connectivity index (χ4n) is 3.53. The van der Waals surface area contributed by atoms with Gasteiger partial charge in [0.25, 0.3) is 0 Å². The number of rotatable bonds is 2. The Morgan fingerprint density at radius 3 is 3.09 bits per heavy atom. The van der Waals surface area contributed by atoms with Crippen LogP contribution in [-0.4, -0.2) is 35.3 Å². The van der Waals surface area contributed by atoms with Crippen LogP contribution in [0.2, 0.25) is 0 Å². The first-order chi connectivity index (χ1) is 11.0. The van der Waals surface area contributed by atoms with Crippen LogP contribution in [0.3, 0.4) is 0 Å². The summed E-state index contributed by atoms with van der Waals surface area (Å²) in [6, 6.07) is 4.43. The van der Waals surface area contributed by atoms with Crippen molar-refractivity contribution in [1.82, 2.24) is 5.32 Å². The SMILES string of the molecule is COC1CCC2(c3cc(N)ccc3F)N=C(NC(=O)O)SCC12. The molecule has 0 aromatic heterocycles. The minimum Gasteiger partial charge on any atom is -0.465 e. The van der Waals surface area contributed by atoms with Crippen molar-refractivity contribution in [1.29, 1.82) is 0 Å². The lowest BCUT2D eigenvalue weighted by Gasteiger charge is -2.38. The van der Waals surface area contributed by atoms with E-state index in [9.17, 15) is 9.18 Å². The van der Waals surface area contributed by atoms with E-state index in [0.29, 0.717) is 23.4 Å². The number of aliphatic imine (C=N–C) groups is 1. The van der Waals surface area contributed by atoms with Crippen LogP contribution >= 0.6 is 11.8 Å². The van der Waals surface area contributed by atoms with E-state index in [1.165, 1.54) is 23.9 Å². The molecule has 0 bridgehead atoms. The second-order valence-electron chi connectivity index (χ2n) is 5.74. The van der Waals surface area contributed by atoms with Gasteiger partial charge in [0.15, 0.2) is 5.17 Å². The van der Waals surface area contributed by atoms with Crippen molar-refractivity contribution in [3.05, 3.63) is 29.6 Å². The van der Waals surface area contributed by atoms with E-state index in [1.54, 1.807) is 13.2 Å². The van der Waals surface area contributed by atoms with Crippen molar-refractivity contribution >= 4 is 28.7 Å². The van der Waals surface area contributed by atoms with Crippen molar-refractivity contribution in [2.45, 2.75) is 24.5 Å². The molecule has 1 aromatic rings. The molecule has 3 rings (SSSR count). The lowest BCUT2D eigenvalue weighted by Crippen LogP contribution is -2.43. The monoisotopic (exact) mass is 339 g/mol. The smallest absolute Gasteiger partial charge is 0.410 e. The normalized spacial score (nSPS) is 29.7. The average Bonchev–Trinajstić information content (AvgIpc) is 2.88. The van der Waals surface area contributed by atoms with E-state index in [1.807, 2.05) is 0 Å². The van der Waals surface area contributed by atoms with Gasteiger partial charge in [0, 0.05) is 30.0 Å². The summed E-state index contributed by atoms with van der Waals surface area (Å²) >= 11 is 1.31. The standard InChI is InChI=1S/C15H18FN3O3S/c1-22-12-4-5-15(9-6-8(17)2-3-11(9)16)10(12)7-23-13(19-15)18-14(20)21/h2-3,6,10,12H,4-5,7,17H2,1H3,(H,18,19)(H,20,21). The minimum absolute atomic E-state index is 0.0341. The Hall–Kier alpha value is -1.80. The molecular formula is C15H18FN3O3S. The topological polar surface area (TPSA) is 96.9 Å². The molecule has 4 N–H and O–H groups in total. The summed E-state index contributed by atoms with van der Waals surface area (Å²) in [5.41, 5.74) is 5.86. The maximum absolute atomic E-state index is 14.5. The van der Waals surface area contributed by atoms with E-state index < -0.39 is 11.6 Å². The zero-order chi connectivity index (χ0) is 16.6. The third kappa shape index (κ3) is 2.76. The number of amides is 1. The molecule has 8 heteroatoms. The summed E-state index contributed by atoms with van der Waals surface area (Å²) in [6.07, 6.45) is 0.0968. The number of nitrogen functional groups attached to an aromatic ring is 1. The van der Waals surface area contributed by atoms with Gasteiger partial charge in [-0.15, -0.1) is 0 Å². The minimum atomic E-state index is -1.18. The van der Waals surface area contributed by atoms with Gasteiger partial charge in [-0.25, -0.2) is 9.18 Å². The van der Waals surface area contributed by atoms with Gasteiger partial charge in [-0.05, 0) is 31.0 Å². The largest absolute Gasteiger partial charge is 0.465 e. The summed E-state index contributed by atoms with van der Waals surface area (Å²) in [4.78, 5) is 15.5. The Bertz CT molecular complexity index is 669. The number of benzene rings is 1. The van der Waals surface area contributed by atoms with Crippen molar-refractivity contribution < 1.29 is 19.0 Å². The Labute approximate surface area is 137 Å².